The molecule has 1 saturated carbocycles. The lowest BCUT2D eigenvalue weighted by Gasteiger charge is -2.31. The Bertz CT molecular complexity index is 162. The zero-order valence-electron chi connectivity index (χ0n) is 9.91. The van der Waals surface area contributed by atoms with Crippen LogP contribution in [0.1, 0.15) is 59.3 Å². The summed E-state index contributed by atoms with van der Waals surface area (Å²) in [7, 11) is -0.643. The summed E-state index contributed by atoms with van der Waals surface area (Å²) in [5, 5.41) is 0.420. The van der Waals surface area contributed by atoms with Crippen molar-refractivity contribution in [1.82, 2.24) is 0 Å². The second-order valence-corrected chi connectivity index (χ2v) is 9.29. The third-order valence-corrected chi connectivity index (χ3v) is 8.57. The van der Waals surface area contributed by atoms with E-state index in [2.05, 4.69) is 20.8 Å². The molecule has 0 aromatic carbocycles. The predicted octanol–water partition coefficient (Wildman–Crippen LogP) is 4.99. The Morgan fingerprint density at radius 1 is 1.21 bits per heavy atom. The van der Waals surface area contributed by atoms with Gasteiger partial charge in [0.2, 0.25) is 0 Å². The van der Waals surface area contributed by atoms with Crippen molar-refractivity contribution in [1.29, 1.82) is 0 Å². The zero-order valence-corrected chi connectivity index (χ0v) is 11.7. The van der Waals surface area contributed by atoms with Gasteiger partial charge < -0.3 is 0 Å². The van der Waals surface area contributed by atoms with Gasteiger partial charge in [0.05, 0.1) is 0 Å². The maximum Gasteiger partial charge on any atom is 0.171 e. The molecular weight excluding hydrogens is 208 g/mol. The summed E-state index contributed by atoms with van der Waals surface area (Å²) in [6.45, 7) is 6.96. The van der Waals surface area contributed by atoms with E-state index in [0.29, 0.717) is 5.04 Å². The van der Waals surface area contributed by atoms with Gasteiger partial charge in [0.1, 0.15) is 0 Å². The Balaban J connectivity index is 2.34. The molecule has 2 heteroatoms. The SMILES string of the molecule is CCC(C)(C)[Si](Cl)CC1CCCCC1. The molecule has 83 valence electrons. The van der Waals surface area contributed by atoms with E-state index in [1.165, 1.54) is 44.6 Å². The van der Waals surface area contributed by atoms with E-state index in [1.807, 2.05) is 0 Å². The molecule has 1 rings (SSSR count). The van der Waals surface area contributed by atoms with Crippen molar-refractivity contribution >= 4 is 19.2 Å². The highest BCUT2D eigenvalue weighted by Gasteiger charge is 2.31. The first-order chi connectivity index (χ1) is 6.56. The Labute approximate surface area is 95.7 Å². The minimum absolute atomic E-state index is 0.420. The van der Waals surface area contributed by atoms with Crippen LogP contribution in [0.3, 0.4) is 0 Å². The van der Waals surface area contributed by atoms with Gasteiger partial charge in [0.25, 0.3) is 0 Å². The minimum Gasteiger partial charge on any atom is -0.168 e. The van der Waals surface area contributed by atoms with Gasteiger partial charge in [-0.2, -0.15) is 11.1 Å². The first-order valence-electron chi connectivity index (χ1n) is 6.08. The van der Waals surface area contributed by atoms with Gasteiger partial charge in [-0.1, -0.05) is 59.3 Å². The van der Waals surface area contributed by atoms with Crippen LogP contribution >= 0.6 is 11.1 Å². The van der Waals surface area contributed by atoms with Gasteiger partial charge in [0, 0.05) is 0 Å². The molecule has 0 amide bonds. The highest BCUT2D eigenvalue weighted by atomic mass is 35.6. The number of hydrogen-bond donors (Lipinski definition) is 0. The Kier molecular flexibility index (Phi) is 4.99. The lowest BCUT2D eigenvalue weighted by molar-refractivity contribution is 0.381. The average molecular weight is 232 g/mol. The van der Waals surface area contributed by atoms with Crippen LogP contribution < -0.4 is 0 Å². The fourth-order valence-corrected chi connectivity index (χ4v) is 5.02. The largest absolute Gasteiger partial charge is 0.171 e. The van der Waals surface area contributed by atoms with Crippen LogP contribution in [0.15, 0.2) is 0 Å². The van der Waals surface area contributed by atoms with Crippen molar-refractivity contribution in [3.05, 3.63) is 0 Å². The van der Waals surface area contributed by atoms with Crippen molar-refractivity contribution < 1.29 is 0 Å². The molecule has 0 bridgehead atoms. The van der Waals surface area contributed by atoms with Crippen LogP contribution in [0.4, 0.5) is 0 Å². The monoisotopic (exact) mass is 231 g/mol. The lowest BCUT2D eigenvalue weighted by atomic mass is 9.91. The summed E-state index contributed by atoms with van der Waals surface area (Å²) in [6, 6.07) is 1.34. The van der Waals surface area contributed by atoms with Gasteiger partial charge in [-0.15, -0.1) is 0 Å². The normalized spacial score (nSPS) is 20.4. The molecule has 0 aliphatic heterocycles. The van der Waals surface area contributed by atoms with Crippen LogP contribution in [0, 0.1) is 5.92 Å². The van der Waals surface area contributed by atoms with Gasteiger partial charge >= 0.3 is 0 Å². The smallest absolute Gasteiger partial charge is 0.168 e. The molecule has 0 nitrogen and oxygen atoms in total. The molecule has 0 atom stereocenters. The molecular formula is C12H24ClSi. The molecule has 1 fully saturated rings. The molecule has 0 aromatic heterocycles. The Morgan fingerprint density at radius 2 is 1.79 bits per heavy atom. The molecule has 0 unspecified atom stereocenters. The summed E-state index contributed by atoms with van der Waals surface area (Å²) >= 11 is 6.61. The number of rotatable bonds is 4. The van der Waals surface area contributed by atoms with Crippen molar-refractivity contribution in [2.75, 3.05) is 0 Å². The van der Waals surface area contributed by atoms with Gasteiger partial charge in [0.15, 0.2) is 8.11 Å². The summed E-state index contributed by atoms with van der Waals surface area (Å²) < 4.78 is 0. The fraction of sp³-hybridized carbons (Fsp3) is 1.00. The van der Waals surface area contributed by atoms with E-state index < -0.39 is 8.11 Å². The van der Waals surface area contributed by atoms with Crippen molar-refractivity contribution in [2.24, 2.45) is 5.92 Å². The molecule has 0 saturated heterocycles. The second kappa shape index (κ2) is 5.55. The molecule has 0 aromatic rings. The van der Waals surface area contributed by atoms with Crippen LogP contribution in [-0.2, 0) is 0 Å². The number of halogens is 1. The summed E-state index contributed by atoms with van der Waals surface area (Å²) in [6.07, 6.45) is 8.48. The lowest BCUT2D eigenvalue weighted by Crippen LogP contribution is -2.25. The molecule has 0 N–H and O–H groups in total. The highest BCUT2D eigenvalue weighted by Crippen LogP contribution is 2.40. The minimum atomic E-state index is -0.643. The van der Waals surface area contributed by atoms with Crippen LogP contribution in [0.2, 0.25) is 11.1 Å². The second-order valence-electron chi connectivity index (χ2n) is 5.35. The zero-order chi connectivity index (χ0) is 10.6. The van der Waals surface area contributed by atoms with E-state index in [-0.39, 0.29) is 0 Å². The maximum absolute atomic E-state index is 6.61. The number of hydrogen-bond acceptors (Lipinski definition) is 0. The van der Waals surface area contributed by atoms with Crippen molar-refractivity contribution in [3.8, 4) is 0 Å². The van der Waals surface area contributed by atoms with Crippen LogP contribution in [0.25, 0.3) is 0 Å². The molecule has 1 aliphatic rings. The third kappa shape index (κ3) is 3.58. The predicted molar refractivity (Wildman–Crippen MR) is 67.3 cm³/mol. The first-order valence-corrected chi connectivity index (χ1v) is 8.80. The molecule has 14 heavy (non-hydrogen) atoms. The summed E-state index contributed by atoms with van der Waals surface area (Å²) in [5.41, 5.74) is 0. The van der Waals surface area contributed by atoms with Gasteiger partial charge in [-0.3, -0.25) is 0 Å². The van der Waals surface area contributed by atoms with E-state index in [9.17, 15) is 0 Å². The summed E-state index contributed by atoms with van der Waals surface area (Å²) in [4.78, 5) is 0. The van der Waals surface area contributed by atoms with Gasteiger partial charge in [-0.05, 0) is 17.0 Å². The molecule has 1 radical (unpaired) electrons. The van der Waals surface area contributed by atoms with Crippen molar-refractivity contribution in [3.63, 3.8) is 0 Å². The molecule has 0 heterocycles. The third-order valence-electron chi connectivity index (χ3n) is 3.81. The summed E-state index contributed by atoms with van der Waals surface area (Å²) in [5.74, 6) is 0.959. The Morgan fingerprint density at radius 3 is 2.29 bits per heavy atom. The molecule has 1 aliphatic carbocycles. The Hall–Kier alpha value is 0.507. The van der Waals surface area contributed by atoms with Gasteiger partial charge in [-0.25, -0.2) is 0 Å². The van der Waals surface area contributed by atoms with Crippen LogP contribution in [0.5, 0.6) is 0 Å². The maximum atomic E-state index is 6.61. The fourth-order valence-electron chi connectivity index (χ4n) is 2.11. The topological polar surface area (TPSA) is 0 Å². The average Bonchev–Trinajstić information content (AvgIpc) is 2.19. The van der Waals surface area contributed by atoms with Crippen LogP contribution in [-0.4, -0.2) is 8.11 Å². The van der Waals surface area contributed by atoms with E-state index in [0.717, 1.165) is 5.92 Å². The van der Waals surface area contributed by atoms with Crippen molar-refractivity contribution in [2.45, 2.75) is 70.4 Å². The quantitative estimate of drug-likeness (QED) is 0.473. The van der Waals surface area contributed by atoms with E-state index in [4.69, 9.17) is 11.1 Å². The van der Waals surface area contributed by atoms with E-state index >= 15 is 0 Å². The molecule has 0 spiro atoms. The highest BCUT2D eigenvalue weighted by molar-refractivity contribution is 7.08. The first kappa shape index (κ1) is 12.6. The van der Waals surface area contributed by atoms with E-state index in [1.54, 1.807) is 0 Å². The standard InChI is InChI=1S/C12H24ClSi/c1-4-12(2,3)14(13)10-11-8-6-5-7-9-11/h11H,4-10H2,1-3H3.